The zero-order chi connectivity index (χ0) is 20.0. The lowest BCUT2D eigenvalue weighted by atomic mass is 10.1. The fourth-order valence-corrected chi connectivity index (χ4v) is 2.73. The highest BCUT2D eigenvalue weighted by Gasteiger charge is 2.24. The van der Waals surface area contributed by atoms with Gasteiger partial charge in [-0.05, 0) is 45.0 Å². The average Bonchev–Trinajstić information content (AvgIpc) is 2.59. The smallest absolute Gasteiger partial charge is 0.337 e. The summed E-state index contributed by atoms with van der Waals surface area (Å²) < 4.78 is 5.03. The van der Waals surface area contributed by atoms with Gasteiger partial charge in [-0.2, -0.15) is 0 Å². The molecule has 3 amide bonds. The van der Waals surface area contributed by atoms with Crippen molar-refractivity contribution < 1.29 is 19.1 Å². The molecule has 0 aromatic heterocycles. The number of aryl methyl sites for hydroxylation is 1. The van der Waals surface area contributed by atoms with Crippen LogP contribution in [0.5, 0.6) is 0 Å². The summed E-state index contributed by atoms with van der Waals surface area (Å²) in [6, 6.07) is 5.35. The minimum atomic E-state index is -0.478. The highest BCUT2D eigenvalue weighted by Crippen LogP contribution is 2.18. The van der Waals surface area contributed by atoms with Gasteiger partial charge in [0.1, 0.15) is 0 Å². The van der Waals surface area contributed by atoms with Gasteiger partial charge in [-0.3, -0.25) is 9.69 Å². The van der Waals surface area contributed by atoms with Gasteiger partial charge in [0.25, 0.3) is 0 Å². The fourth-order valence-electron chi connectivity index (χ4n) is 2.73. The molecule has 0 saturated heterocycles. The van der Waals surface area contributed by atoms with Gasteiger partial charge < -0.3 is 20.7 Å². The van der Waals surface area contributed by atoms with Crippen LogP contribution < -0.4 is 16.0 Å². The molecule has 1 aliphatic rings. The van der Waals surface area contributed by atoms with Crippen molar-refractivity contribution in [1.82, 2.24) is 15.5 Å². The average molecular weight is 374 g/mol. The quantitative estimate of drug-likeness (QED) is 0.625. The standard InChI is InChI=1S/C19H26N4O4/c1-5-27-18(25)14-9-20-19(26)22-16(14)10-23(4)11-17(24)21-15-8-6-7-12(2)13(15)3/h6-8H,5,9-11H2,1-4H3,(H,21,24)(H2,20,22,26). The number of benzene rings is 1. The number of rotatable bonds is 7. The summed E-state index contributed by atoms with van der Waals surface area (Å²) in [6.45, 7) is 6.35. The first-order chi connectivity index (χ1) is 12.8. The molecule has 8 nitrogen and oxygen atoms in total. The molecule has 2 rings (SSSR count). The first-order valence-corrected chi connectivity index (χ1v) is 8.80. The zero-order valence-corrected chi connectivity index (χ0v) is 16.1. The molecular formula is C19H26N4O4. The molecule has 1 aliphatic heterocycles. The third-order valence-electron chi connectivity index (χ3n) is 4.30. The second-order valence-corrected chi connectivity index (χ2v) is 6.45. The van der Waals surface area contributed by atoms with Crippen molar-refractivity contribution in [3.63, 3.8) is 0 Å². The maximum atomic E-state index is 12.4. The molecule has 0 atom stereocenters. The predicted molar refractivity (Wildman–Crippen MR) is 102 cm³/mol. The van der Waals surface area contributed by atoms with Crippen LogP contribution in [0.25, 0.3) is 0 Å². The van der Waals surface area contributed by atoms with E-state index in [-0.39, 0.29) is 38.2 Å². The molecular weight excluding hydrogens is 348 g/mol. The van der Waals surface area contributed by atoms with Gasteiger partial charge in [-0.15, -0.1) is 0 Å². The second-order valence-electron chi connectivity index (χ2n) is 6.45. The highest BCUT2D eigenvalue weighted by atomic mass is 16.5. The van der Waals surface area contributed by atoms with E-state index in [1.807, 2.05) is 32.0 Å². The third-order valence-corrected chi connectivity index (χ3v) is 4.30. The number of anilines is 1. The van der Waals surface area contributed by atoms with Gasteiger partial charge in [0.05, 0.1) is 25.3 Å². The Kier molecular flexibility index (Phi) is 6.95. The van der Waals surface area contributed by atoms with E-state index in [0.29, 0.717) is 11.3 Å². The first kappa shape index (κ1) is 20.4. The summed E-state index contributed by atoms with van der Waals surface area (Å²) in [4.78, 5) is 37.7. The van der Waals surface area contributed by atoms with Crippen molar-refractivity contribution in [3.05, 3.63) is 40.6 Å². The van der Waals surface area contributed by atoms with Crippen LogP contribution in [0.1, 0.15) is 18.1 Å². The van der Waals surface area contributed by atoms with Crippen LogP contribution in [0, 0.1) is 13.8 Å². The number of hydrogen-bond acceptors (Lipinski definition) is 5. The minimum absolute atomic E-state index is 0.0997. The Bertz CT molecular complexity index is 773. The largest absolute Gasteiger partial charge is 0.463 e. The van der Waals surface area contributed by atoms with E-state index in [1.165, 1.54) is 0 Å². The molecule has 0 fully saturated rings. The molecule has 0 aliphatic carbocycles. The van der Waals surface area contributed by atoms with E-state index in [4.69, 9.17) is 4.74 Å². The molecule has 0 unspecified atom stereocenters. The van der Waals surface area contributed by atoms with E-state index in [0.717, 1.165) is 16.8 Å². The number of ether oxygens (including phenoxy) is 1. The molecule has 3 N–H and O–H groups in total. The molecule has 1 heterocycles. The van der Waals surface area contributed by atoms with Crippen molar-refractivity contribution in [1.29, 1.82) is 0 Å². The van der Waals surface area contributed by atoms with Crippen LogP contribution in [-0.2, 0) is 14.3 Å². The number of hydrogen-bond donors (Lipinski definition) is 3. The van der Waals surface area contributed by atoms with Crippen LogP contribution in [0.2, 0.25) is 0 Å². The monoisotopic (exact) mass is 374 g/mol. The van der Waals surface area contributed by atoms with Crippen molar-refractivity contribution in [2.75, 3.05) is 38.6 Å². The van der Waals surface area contributed by atoms with Crippen LogP contribution in [-0.4, -0.2) is 56.1 Å². The lowest BCUT2D eigenvalue weighted by molar-refractivity contribution is -0.138. The number of esters is 1. The SMILES string of the molecule is CCOC(=O)C1=C(CN(C)CC(=O)Nc2cccc(C)c2C)NC(=O)NC1. The van der Waals surface area contributed by atoms with Gasteiger partial charge in [0, 0.05) is 17.9 Å². The number of carbonyl (C=O) groups excluding carboxylic acids is 3. The summed E-state index contributed by atoms with van der Waals surface area (Å²) in [5, 5.41) is 8.08. The summed E-state index contributed by atoms with van der Waals surface area (Å²) >= 11 is 0. The molecule has 0 radical (unpaired) electrons. The zero-order valence-electron chi connectivity index (χ0n) is 16.1. The molecule has 0 spiro atoms. The van der Waals surface area contributed by atoms with E-state index in [2.05, 4.69) is 16.0 Å². The molecule has 1 aromatic carbocycles. The first-order valence-electron chi connectivity index (χ1n) is 8.80. The van der Waals surface area contributed by atoms with Crippen molar-refractivity contribution in [3.8, 4) is 0 Å². The number of amides is 3. The number of likely N-dealkylation sites (N-methyl/N-ethyl adjacent to an activating group) is 1. The van der Waals surface area contributed by atoms with Crippen LogP contribution in [0.4, 0.5) is 10.5 Å². The highest BCUT2D eigenvalue weighted by molar-refractivity contribution is 5.94. The van der Waals surface area contributed by atoms with Gasteiger partial charge in [0.15, 0.2) is 0 Å². The lowest BCUT2D eigenvalue weighted by Crippen LogP contribution is -2.47. The van der Waals surface area contributed by atoms with Crippen molar-refractivity contribution >= 4 is 23.6 Å². The van der Waals surface area contributed by atoms with E-state index in [1.54, 1.807) is 18.9 Å². The van der Waals surface area contributed by atoms with Crippen molar-refractivity contribution in [2.45, 2.75) is 20.8 Å². The topological polar surface area (TPSA) is 99.8 Å². The Hall–Kier alpha value is -2.87. The predicted octanol–water partition coefficient (Wildman–Crippen LogP) is 1.30. The van der Waals surface area contributed by atoms with Crippen LogP contribution in [0.15, 0.2) is 29.5 Å². The van der Waals surface area contributed by atoms with Gasteiger partial charge >= 0.3 is 12.0 Å². The van der Waals surface area contributed by atoms with E-state index >= 15 is 0 Å². The Balaban J connectivity index is 2.02. The van der Waals surface area contributed by atoms with E-state index in [9.17, 15) is 14.4 Å². The number of carbonyl (C=O) groups is 3. The maximum absolute atomic E-state index is 12.4. The van der Waals surface area contributed by atoms with Gasteiger partial charge in [0.2, 0.25) is 5.91 Å². The molecule has 0 bridgehead atoms. The van der Waals surface area contributed by atoms with E-state index < -0.39 is 5.97 Å². The minimum Gasteiger partial charge on any atom is -0.463 e. The lowest BCUT2D eigenvalue weighted by Gasteiger charge is -2.25. The molecule has 0 saturated carbocycles. The fraction of sp³-hybridized carbons (Fsp3) is 0.421. The number of nitrogens with zero attached hydrogens (tertiary/aromatic N) is 1. The van der Waals surface area contributed by atoms with Crippen molar-refractivity contribution in [2.24, 2.45) is 0 Å². The molecule has 27 heavy (non-hydrogen) atoms. The number of nitrogens with one attached hydrogen (secondary N) is 3. The Morgan fingerprint density at radius 3 is 2.74 bits per heavy atom. The Labute approximate surface area is 158 Å². The summed E-state index contributed by atoms with van der Waals surface area (Å²) in [7, 11) is 1.74. The summed E-state index contributed by atoms with van der Waals surface area (Å²) in [6.07, 6.45) is 0. The summed E-state index contributed by atoms with van der Waals surface area (Å²) in [5.74, 6) is -0.655. The summed E-state index contributed by atoms with van der Waals surface area (Å²) in [5.41, 5.74) is 3.70. The second kappa shape index (κ2) is 9.18. The molecule has 1 aromatic rings. The number of urea groups is 1. The Morgan fingerprint density at radius 1 is 1.30 bits per heavy atom. The van der Waals surface area contributed by atoms with Gasteiger partial charge in [-0.25, -0.2) is 9.59 Å². The molecule has 8 heteroatoms. The molecule has 146 valence electrons. The third kappa shape index (κ3) is 5.55. The Morgan fingerprint density at radius 2 is 2.04 bits per heavy atom. The van der Waals surface area contributed by atoms with Crippen LogP contribution in [0.3, 0.4) is 0 Å². The maximum Gasteiger partial charge on any atom is 0.337 e. The van der Waals surface area contributed by atoms with Gasteiger partial charge in [-0.1, -0.05) is 12.1 Å². The normalized spacial score (nSPS) is 13.9. The van der Waals surface area contributed by atoms with Crippen LogP contribution >= 0.6 is 0 Å².